The van der Waals surface area contributed by atoms with Gasteiger partial charge in [0.1, 0.15) is 0 Å². The third-order valence-electron chi connectivity index (χ3n) is 2.28. The molecule has 0 amide bonds. The first-order chi connectivity index (χ1) is 6.88. The van der Waals surface area contributed by atoms with Gasteiger partial charge in [-0.05, 0) is 18.1 Å². The zero-order valence-corrected chi connectivity index (χ0v) is 10.3. The molecule has 78 valence electrons. The average molecular weight is 209 g/mol. The number of nitrogens with one attached hydrogen (secondary N) is 1. The molecule has 0 heterocycles. The van der Waals surface area contributed by atoms with Crippen molar-refractivity contribution in [3.8, 4) is 0 Å². The van der Waals surface area contributed by atoms with Gasteiger partial charge in [0, 0.05) is 12.2 Å². The van der Waals surface area contributed by atoms with Gasteiger partial charge in [-0.2, -0.15) is 0 Å². The van der Waals surface area contributed by atoms with Crippen LogP contribution in [0.3, 0.4) is 0 Å². The van der Waals surface area contributed by atoms with E-state index in [-0.39, 0.29) is 0 Å². The van der Waals surface area contributed by atoms with E-state index in [1.165, 1.54) is 30.5 Å². The SMILES string of the molecule is CCCCCNc1ccccc1C=[PH3]. The molecule has 1 nitrogen and oxygen atoms in total. The third kappa shape index (κ3) is 3.59. The molecule has 14 heavy (non-hydrogen) atoms. The van der Waals surface area contributed by atoms with Crippen LogP contribution < -0.4 is 5.32 Å². The normalized spacial score (nSPS) is 10.1. The predicted molar refractivity (Wildman–Crippen MR) is 70.7 cm³/mol. The maximum absolute atomic E-state index is 3.47. The van der Waals surface area contributed by atoms with Crippen LogP contribution in [0, 0.1) is 0 Å². The van der Waals surface area contributed by atoms with E-state index < -0.39 is 0 Å². The fourth-order valence-electron chi connectivity index (χ4n) is 1.43. The molecule has 1 aromatic carbocycles. The van der Waals surface area contributed by atoms with Gasteiger partial charge in [0.15, 0.2) is 0 Å². The van der Waals surface area contributed by atoms with Crippen molar-refractivity contribution in [2.75, 3.05) is 11.9 Å². The van der Waals surface area contributed by atoms with E-state index in [4.69, 9.17) is 0 Å². The zero-order chi connectivity index (χ0) is 10.2. The van der Waals surface area contributed by atoms with E-state index in [0.29, 0.717) is 0 Å². The van der Waals surface area contributed by atoms with Gasteiger partial charge in [-0.25, -0.2) is 0 Å². The van der Waals surface area contributed by atoms with Gasteiger partial charge < -0.3 is 5.32 Å². The molecule has 0 saturated carbocycles. The van der Waals surface area contributed by atoms with Crippen molar-refractivity contribution in [3.05, 3.63) is 29.8 Å². The van der Waals surface area contributed by atoms with Gasteiger partial charge in [-0.3, -0.25) is 0 Å². The van der Waals surface area contributed by atoms with Crippen LogP contribution in [-0.4, -0.2) is 12.3 Å². The summed E-state index contributed by atoms with van der Waals surface area (Å²) in [5, 5.41) is 3.47. The molecule has 0 saturated heterocycles. The molecule has 1 unspecified atom stereocenters. The molecule has 1 N–H and O–H groups in total. The van der Waals surface area contributed by atoms with Crippen molar-refractivity contribution >= 4 is 20.3 Å². The molecule has 2 heteroatoms. The smallest absolute Gasteiger partial charge is 0.0413 e. The van der Waals surface area contributed by atoms with Crippen LogP contribution in [0.1, 0.15) is 31.7 Å². The monoisotopic (exact) mass is 209 g/mol. The minimum absolute atomic E-state index is 1.09. The highest BCUT2D eigenvalue weighted by atomic mass is 31.0. The Bertz CT molecular complexity index is 283. The summed E-state index contributed by atoms with van der Waals surface area (Å²) in [7, 11) is 1.88. The van der Waals surface area contributed by atoms with Crippen LogP contribution in [0.2, 0.25) is 0 Å². The Labute approximate surface area is 88.8 Å². The molecule has 0 aliphatic rings. The van der Waals surface area contributed by atoms with Crippen LogP contribution in [0.5, 0.6) is 0 Å². The highest BCUT2D eigenvalue weighted by Gasteiger charge is 1.95. The Kier molecular flexibility index (Phi) is 5.47. The summed E-state index contributed by atoms with van der Waals surface area (Å²) in [6.07, 6.45) is 3.86. The average Bonchev–Trinajstić information content (AvgIpc) is 2.25. The van der Waals surface area contributed by atoms with Crippen molar-refractivity contribution in [2.24, 2.45) is 0 Å². The Morgan fingerprint density at radius 3 is 2.79 bits per heavy atom. The second kappa shape index (κ2) is 6.73. The molecule has 0 fully saturated rings. The van der Waals surface area contributed by atoms with Gasteiger partial charge in [-0.1, -0.05) is 43.8 Å². The number of anilines is 1. The molecule has 0 bridgehead atoms. The van der Waals surface area contributed by atoms with Gasteiger partial charge in [0.25, 0.3) is 0 Å². The lowest BCUT2D eigenvalue weighted by Gasteiger charge is -2.08. The zero-order valence-electron chi connectivity index (χ0n) is 8.92. The molecule has 0 spiro atoms. The second-order valence-electron chi connectivity index (χ2n) is 3.43. The first-order valence-corrected chi connectivity index (χ1v) is 6.15. The number of hydrogen-bond donors (Lipinski definition) is 1. The standard InChI is InChI=1S/C12H20NP/c1-2-3-6-9-13-12-8-5-4-7-11(12)10-14/h4-5,7-8,10,13H,2-3,6,9H2,1,14H3. The maximum atomic E-state index is 3.47. The fourth-order valence-corrected chi connectivity index (χ4v) is 1.79. The van der Waals surface area contributed by atoms with Crippen LogP contribution >= 0.6 is 8.86 Å². The minimum atomic E-state index is 1.09. The van der Waals surface area contributed by atoms with Crippen LogP contribution in [0.4, 0.5) is 5.69 Å². The number of para-hydroxylation sites is 1. The quantitative estimate of drug-likeness (QED) is 0.561. The van der Waals surface area contributed by atoms with E-state index in [9.17, 15) is 0 Å². The summed E-state index contributed by atoms with van der Waals surface area (Å²) in [5.74, 6) is 2.17. The highest BCUT2D eigenvalue weighted by molar-refractivity contribution is 7.19. The molecule has 1 aromatic rings. The van der Waals surface area contributed by atoms with Crippen molar-refractivity contribution in [1.29, 1.82) is 0 Å². The maximum Gasteiger partial charge on any atom is 0.0413 e. The van der Waals surface area contributed by atoms with E-state index in [1.807, 2.05) is 8.86 Å². The van der Waals surface area contributed by atoms with Crippen LogP contribution in [0.25, 0.3) is 0 Å². The van der Waals surface area contributed by atoms with Crippen molar-refractivity contribution < 1.29 is 0 Å². The molecule has 0 aliphatic carbocycles. The first kappa shape index (κ1) is 11.4. The van der Waals surface area contributed by atoms with Crippen molar-refractivity contribution in [1.82, 2.24) is 0 Å². The summed E-state index contributed by atoms with van der Waals surface area (Å²) < 4.78 is 0. The lowest BCUT2D eigenvalue weighted by Crippen LogP contribution is -2.03. The Morgan fingerprint density at radius 1 is 1.29 bits per heavy atom. The Morgan fingerprint density at radius 2 is 2.07 bits per heavy atom. The first-order valence-electron chi connectivity index (χ1n) is 5.33. The molecule has 1 rings (SSSR count). The summed E-state index contributed by atoms with van der Waals surface area (Å²) in [4.78, 5) is 0. The molecular weight excluding hydrogens is 189 g/mol. The van der Waals surface area contributed by atoms with E-state index >= 15 is 0 Å². The minimum Gasteiger partial charge on any atom is -0.385 e. The molecular formula is C12H20NP. The van der Waals surface area contributed by atoms with Gasteiger partial charge in [-0.15, -0.1) is 8.86 Å². The molecule has 1 atom stereocenters. The largest absolute Gasteiger partial charge is 0.385 e. The van der Waals surface area contributed by atoms with Gasteiger partial charge in [0.2, 0.25) is 0 Å². The highest BCUT2D eigenvalue weighted by Crippen LogP contribution is 2.13. The second-order valence-corrected chi connectivity index (χ2v) is 3.83. The topological polar surface area (TPSA) is 12.0 Å². The number of benzene rings is 1. The van der Waals surface area contributed by atoms with E-state index in [1.54, 1.807) is 0 Å². The summed E-state index contributed by atoms with van der Waals surface area (Å²) in [5.41, 5.74) is 2.57. The van der Waals surface area contributed by atoms with Crippen LogP contribution in [-0.2, 0) is 0 Å². The number of unbranched alkanes of at least 4 members (excludes halogenated alkanes) is 2. The van der Waals surface area contributed by atoms with Gasteiger partial charge in [0.05, 0.1) is 0 Å². The molecule has 0 radical (unpaired) electrons. The summed E-state index contributed by atoms with van der Waals surface area (Å²) in [6, 6.07) is 8.45. The van der Waals surface area contributed by atoms with Crippen LogP contribution in [0.15, 0.2) is 24.3 Å². The Balaban J connectivity index is 2.45. The Hall–Kier alpha value is -0.680. The number of rotatable bonds is 6. The summed E-state index contributed by atoms with van der Waals surface area (Å²) in [6.45, 7) is 3.32. The van der Waals surface area contributed by atoms with E-state index in [2.05, 4.69) is 42.3 Å². The lowest BCUT2D eigenvalue weighted by molar-refractivity contribution is 0.744. The number of hydrogen-bond acceptors (Lipinski definition) is 1. The molecule has 0 aliphatic heterocycles. The molecule has 0 aromatic heterocycles. The predicted octanol–water partition coefficient (Wildman–Crippen LogP) is 3.05. The van der Waals surface area contributed by atoms with Crippen molar-refractivity contribution in [2.45, 2.75) is 26.2 Å². The summed E-state index contributed by atoms with van der Waals surface area (Å²) >= 11 is 0. The van der Waals surface area contributed by atoms with E-state index in [0.717, 1.165) is 6.54 Å². The van der Waals surface area contributed by atoms with Crippen molar-refractivity contribution in [3.63, 3.8) is 0 Å². The van der Waals surface area contributed by atoms with Gasteiger partial charge >= 0.3 is 0 Å². The fraction of sp³-hybridized carbons (Fsp3) is 0.417. The lowest BCUT2D eigenvalue weighted by atomic mass is 10.2. The third-order valence-corrected chi connectivity index (χ3v) is 2.72.